The molecule has 2 rings (SSSR count). The van der Waals surface area contributed by atoms with E-state index in [2.05, 4.69) is 0 Å². The van der Waals surface area contributed by atoms with Crippen LogP contribution in [0.4, 0.5) is 0 Å². The molecule has 1 atom stereocenters. The van der Waals surface area contributed by atoms with Gasteiger partial charge in [-0.15, -0.1) is 0 Å². The van der Waals surface area contributed by atoms with Crippen molar-refractivity contribution in [2.75, 3.05) is 13.2 Å². The minimum absolute atomic E-state index is 0.126. The van der Waals surface area contributed by atoms with Crippen LogP contribution in [0.5, 0.6) is 0 Å². The van der Waals surface area contributed by atoms with Gasteiger partial charge in [-0.3, -0.25) is 0 Å². The quantitative estimate of drug-likeness (QED) is 0.848. The number of rotatable bonds is 4. The van der Waals surface area contributed by atoms with Gasteiger partial charge in [0.2, 0.25) is 0 Å². The standard InChI is InChI=1S/C13H18O3/c1-10-3-2-4-11(9-10)12(14)5-6-13-15-7-8-16-13/h2-4,9,12-14H,5-8H2,1H3. The maximum Gasteiger partial charge on any atom is 0.157 e. The van der Waals surface area contributed by atoms with Gasteiger partial charge in [0.25, 0.3) is 0 Å². The summed E-state index contributed by atoms with van der Waals surface area (Å²) in [6, 6.07) is 7.96. The molecule has 0 spiro atoms. The van der Waals surface area contributed by atoms with Gasteiger partial charge in [-0.1, -0.05) is 29.8 Å². The highest BCUT2D eigenvalue weighted by atomic mass is 16.7. The fraction of sp³-hybridized carbons (Fsp3) is 0.538. The second-order valence-electron chi connectivity index (χ2n) is 4.18. The van der Waals surface area contributed by atoms with E-state index < -0.39 is 6.10 Å². The Morgan fingerprint density at radius 2 is 2.12 bits per heavy atom. The van der Waals surface area contributed by atoms with Crippen molar-refractivity contribution in [2.24, 2.45) is 0 Å². The Kier molecular flexibility index (Phi) is 3.93. The second kappa shape index (κ2) is 5.43. The summed E-state index contributed by atoms with van der Waals surface area (Å²) < 4.78 is 10.7. The number of aryl methyl sites for hydroxylation is 1. The maximum absolute atomic E-state index is 9.99. The molecule has 0 amide bonds. The van der Waals surface area contributed by atoms with Gasteiger partial charge in [0.05, 0.1) is 19.3 Å². The first kappa shape index (κ1) is 11.6. The fourth-order valence-electron chi connectivity index (χ4n) is 1.91. The molecule has 1 aliphatic rings. The van der Waals surface area contributed by atoms with Gasteiger partial charge in [-0.2, -0.15) is 0 Å². The Morgan fingerprint density at radius 1 is 1.38 bits per heavy atom. The Labute approximate surface area is 96.0 Å². The summed E-state index contributed by atoms with van der Waals surface area (Å²) in [6.45, 7) is 3.37. The van der Waals surface area contributed by atoms with E-state index in [9.17, 15) is 5.11 Å². The van der Waals surface area contributed by atoms with Crippen LogP contribution in [-0.4, -0.2) is 24.6 Å². The van der Waals surface area contributed by atoms with Crippen LogP contribution in [0.3, 0.4) is 0 Å². The molecule has 88 valence electrons. The summed E-state index contributed by atoms with van der Waals surface area (Å²) in [4.78, 5) is 0. The normalized spacial score (nSPS) is 18.9. The fourth-order valence-corrected chi connectivity index (χ4v) is 1.91. The van der Waals surface area contributed by atoms with Gasteiger partial charge < -0.3 is 14.6 Å². The summed E-state index contributed by atoms with van der Waals surface area (Å²) in [7, 11) is 0. The third-order valence-corrected chi connectivity index (χ3v) is 2.79. The summed E-state index contributed by atoms with van der Waals surface area (Å²) in [5, 5.41) is 9.99. The Hall–Kier alpha value is -0.900. The van der Waals surface area contributed by atoms with Gasteiger partial charge in [0, 0.05) is 6.42 Å². The van der Waals surface area contributed by atoms with E-state index in [1.54, 1.807) is 0 Å². The molecule has 3 nitrogen and oxygen atoms in total. The highest BCUT2D eigenvalue weighted by Gasteiger charge is 2.18. The van der Waals surface area contributed by atoms with Crippen molar-refractivity contribution in [3.05, 3.63) is 35.4 Å². The van der Waals surface area contributed by atoms with Crippen LogP contribution >= 0.6 is 0 Å². The van der Waals surface area contributed by atoms with Gasteiger partial charge in [-0.25, -0.2) is 0 Å². The van der Waals surface area contributed by atoms with Crippen LogP contribution in [0.15, 0.2) is 24.3 Å². The predicted octanol–water partition coefficient (Wildman–Crippen LogP) is 2.18. The lowest BCUT2D eigenvalue weighted by molar-refractivity contribution is -0.0542. The van der Waals surface area contributed by atoms with E-state index in [-0.39, 0.29) is 6.29 Å². The van der Waals surface area contributed by atoms with Crippen LogP contribution in [0.25, 0.3) is 0 Å². The first-order valence-corrected chi connectivity index (χ1v) is 5.73. The molecule has 1 heterocycles. The highest BCUT2D eigenvalue weighted by molar-refractivity contribution is 5.23. The molecule has 1 aliphatic heterocycles. The molecular formula is C13H18O3. The molecule has 1 aromatic carbocycles. The van der Waals surface area contributed by atoms with Crippen molar-refractivity contribution in [3.63, 3.8) is 0 Å². The molecule has 0 bridgehead atoms. The number of aliphatic hydroxyl groups is 1. The molecule has 0 radical (unpaired) electrons. The predicted molar refractivity (Wildman–Crippen MR) is 61.1 cm³/mol. The number of hydrogen-bond acceptors (Lipinski definition) is 3. The van der Waals surface area contributed by atoms with E-state index in [4.69, 9.17) is 9.47 Å². The maximum atomic E-state index is 9.99. The summed E-state index contributed by atoms with van der Waals surface area (Å²) >= 11 is 0. The van der Waals surface area contributed by atoms with Crippen LogP contribution < -0.4 is 0 Å². The van der Waals surface area contributed by atoms with Crippen LogP contribution in [0, 0.1) is 6.92 Å². The number of aliphatic hydroxyl groups excluding tert-OH is 1. The summed E-state index contributed by atoms with van der Waals surface area (Å²) in [5.41, 5.74) is 2.14. The van der Waals surface area contributed by atoms with Crippen molar-refractivity contribution >= 4 is 0 Å². The third-order valence-electron chi connectivity index (χ3n) is 2.79. The Morgan fingerprint density at radius 3 is 2.81 bits per heavy atom. The molecule has 1 aromatic rings. The van der Waals surface area contributed by atoms with E-state index in [1.165, 1.54) is 5.56 Å². The molecule has 1 unspecified atom stereocenters. The third kappa shape index (κ3) is 3.04. The largest absolute Gasteiger partial charge is 0.388 e. The van der Waals surface area contributed by atoms with Crippen LogP contribution in [0.1, 0.15) is 30.1 Å². The van der Waals surface area contributed by atoms with Gasteiger partial charge >= 0.3 is 0 Å². The van der Waals surface area contributed by atoms with Crippen molar-refractivity contribution in [1.82, 2.24) is 0 Å². The molecule has 0 saturated carbocycles. The van der Waals surface area contributed by atoms with Crippen molar-refractivity contribution in [2.45, 2.75) is 32.2 Å². The lowest BCUT2D eigenvalue weighted by Crippen LogP contribution is -2.09. The van der Waals surface area contributed by atoms with Crippen LogP contribution in [0.2, 0.25) is 0 Å². The first-order chi connectivity index (χ1) is 7.75. The van der Waals surface area contributed by atoms with Gasteiger partial charge in [0.15, 0.2) is 6.29 Å². The molecular weight excluding hydrogens is 204 g/mol. The minimum atomic E-state index is -0.423. The molecule has 16 heavy (non-hydrogen) atoms. The molecule has 0 aliphatic carbocycles. The van der Waals surface area contributed by atoms with Crippen molar-refractivity contribution < 1.29 is 14.6 Å². The van der Waals surface area contributed by atoms with E-state index in [1.807, 2.05) is 31.2 Å². The summed E-state index contributed by atoms with van der Waals surface area (Å²) in [5.74, 6) is 0. The first-order valence-electron chi connectivity index (χ1n) is 5.73. The van der Waals surface area contributed by atoms with E-state index in [0.717, 1.165) is 12.0 Å². The van der Waals surface area contributed by atoms with Crippen LogP contribution in [-0.2, 0) is 9.47 Å². The smallest absolute Gasteiger partial charge is 0.157 e. The van der Waals surface area contributed by atoms with Gasteiger partial charge in [0.1, 0.15) is 0 Å². The highest BCUT2D eigenvalue weighted by Crippen LogP contribution is 2.22. The minimum Gasteiger partial charge on any atom is -0.388 e. The van der Waals surface area contributed by atoms with Crippen molar-refractivity contribution in [1.29, 1.82) is 0 Å². The average molecular weight is 222 g/mol. The molecule has 3 heteroatoms. The topological polar surface area (TPSA) is 38.7 Å². The molecule has 1 saturated heterocycles. The summed E-state index contributed by atoms with van der Waals surface area (Å²) in [6.07, 6.45) is 0.871. The molecule has 1 N–H and O–H groups in total. The lowest BCUT2D eigenvalue weighted by Gasteiger charge is -2.14. The lowest BCUT2D eigenvalue weighted by atomic mass is 10.0. The zero-order valence-corrected chi connectivity index (χ0v) is 9.56. The van der Waals surface area contributed by atoms with E-state index in [0.29, 0.717) is 19.6 Å². The SMILES string of the molecule is Cc1cccc(C(O)CCC2OCCO2)c1. The zero-order valence-electron chi connectivity index (χ0n) is 9.56. The number of hydrogen-bond donors (Lipinski definition) is 1. The second-order valence-corrected chi connectivity index (χ2v) is 4.18. The van der Waals surface area contributed by atoms with E-state index >= 15 is 0 Å². The van der Waals surface area contributed by atoms with Gasteiger partial charge in [-0.05, 0) is 18.9 Å². The number of benzene rings is 1. The monoisotopic (exact) mass is 222 g/mol. The van der Waals surface area contributed by atoms with Crippen molar-refractivity contribution in [3.8, 4) is 0 Å². The molecule has 0 aromatic heterocycles. The molecule has 1 fully saturated rings. The zero-order chi connectivity index (χ0) is 11.4. The average Bonchev–Trinajstić information content (AvgIpc) is 2.78. The Bertz CT molecular complexity index is 332. The number of ether oxygens (including phenoxy) is 2. The Balaban J connectivity index is 1.85.